The molecule has 0 unspecified atom stereocenters. The summed E-state index contributed by atoms with van der Waals surface area (Å²) >= 11 is 0. The molecule has 0 aliphatic rings. The average molecular weight is 445 g/mol. The monoisotopic (exact) mass is 444 g/mol. The van der Waals surface area contributed by atoms with Crippen LogP contribution in [0.4, 0.5) is 0 Å². The van der Waals surface area contributed by atoms with E-state index in [1.165, 1.54) is 0 Å². The maximum Gasteiger partial charge on any atom is 0.254 e. The van der Waals surface area contributed by atoms with Crippen molar-refractivity contribution in [3.05, 3.63) is 53.5 Å². The summed E-state index contributed by atoms with van der Waals surface area (Å²) in [6.07, 6.45) is 2.05. The Labute approximate surface area is 191 Å². The van der Waals surface area contributed by atoms with Crippen LogP contribution in [-0.4, -0.2) is 61.1 Å². The largest absolute Gasteiger partial charge is 0.494 e. The minimum atomic E-state index is -0.186. The third-order valence-electron chi connectivity index (χ3n) is 5.12. The fourth-order valence-corrected chi connectivity index (χ4v) is 3.18. The molecule has 0 fully saturated rings. The van der Waals surface area contributed by atoms with Crippen LogP contribution in [0.25, 0.3) is 0 Å². The maximum absolute atomic E-state index is 13.2. The summed E-state index contributed by atoms with van der Waals surface area (Å²) in [5.74, 6) is 1.89. The second-order valence-corrected chi connectivity index (χ2v) is 8.07. The zero-order valence-electron chi connectivity index (χ0n) is 19.9. The summed E-state index contributed by atoms with van der Waals surface area (Å²) in [6.45, 7) is 9.58. The van der Waals surface area contributed by atoms with E-state index >= 15 is 0 Å². The Balaban J connectivity index is 2.08. The number of aryl methyl sites for hydroxylation is 1. The van der Waals surface area contributed by atoms with Crippen LogP contribution >= 0.6 is 0 Å². The van der Waals surface area contributed by atoms with Crippen LogP contribution in [-0.2, 0) is 16.1 Å². The number of nitrogens with zero attached hydrogens (tertiary/aromatic N) is 2. The predicted octanol–water partition coefficient (Wildman–Crippen LogP) is 4.29. The van der Waals surface area contributed by atoms with Gasteiger partial charge in [-0.2, -0.15) is 0 Å². The van der Waals surface area contributed by atoms with Gasteiger partial charge in [-0.15, -0.1) is 0 Å². The molecule has 7 nitrogen and oxygen atoms in total. The van der Waals surface area contributed by atoms with Gasteiger partial charge in [0.1, 0.15) is 23.8 Å². The van der Waals surface area contributed by atoms with E-state index in [9.17, 15) is 9.59 Å². The third-order valence-corrected chi connectivity index (χ3v) is 5.12. The molecule has 7 heteroatoms. The van der Waals surface area contributed by atoms with Crippen molar-refractivity contribution in [3.63, 3.8) is 0 Å². The summed E-state index contributed by atoms with van der Waals surface area (Å²) < 4.78 is 16.5. The molecule has 0 N–H and O–H groups in total. The first kappa shape index (κ1) is 25.5. The molecule has 0 atom stereocenters. The van der Waals surface area contributed by atoms with Crippen LogP contribution in [0.2, 0.25) is 0 Å². The molecule has 0 aliphatic heterocycles. The lowest BCUT2D eigenvalue weighted by Gasteiger charge is -2.30. The lowest BCUT2D eigenvalue weighted by Crippen LogP contribution is -2.46. The van der Waals surface area contributed by atoms with Gasteiger partial charge in [-0.05, 0) is 63.6 Å². The number of ether oxygens (including phenoxy) is 2. The number of carbonyl (C=O) groups excluding carboxylic acids is 2. The van der Waals surface area contributed by atoms with Gasteiger partial charge in [-0.3, -0.25) is 9.59 Å². The first-order valence-corrected chi connectivity index (χ1v) is 11.2. The quantitative estimate of drug-likeness (QED) is 0.431. The Hall–Kier alpha value is -2.80. The standard InChI is InChI=1S/C25H36N2O5/c1-6-7-15-31-22-12-9-21(10-13-22)25(29)27(19(2)3)18-24(28)26(14-16-30-5)17-23-11-8-20(4)32-23/h8-13,19H,6-7,14-18H2,1-5H3. The van der Waals surface area contributed by atoms with Gasteiger partial charge in [0, 0.05) is 25.3 Å². The molecular formula is C25H36N2O5. The van der Waals surface area contributed by atoms with Gasteiger partial charge in [0.05, 0.1) is 19.8 Å². The van der Waals surface area contributed by atoms with Gasteiger partial charge < -0.3 is 23.7 Å². The molecule has 1 aromatic carbocycles. The van der Waals surface area contributed by atoms with E-state index in [1.807, 2.05) is 32.9 Å². The first-order chi connectivity index (χ1) is 15.3. The third kappa shape index (κ3) is 7.71. The van der Waals surface area contributed by atoms with Crippen LogP contribution in [0.5, 0.6) is 5.75 Å². The van der Waals surface area contributed by atoms with Crippen molar-refractivity contribution in [2.24, 2.45) is 0 Å². The SMILES string of the molecule is CCCCOc1ccc(C(=O)N(CC(=O)N(CCOC)Cc2ccc(C)o2)C(C)C)cc1. The summed E-state index contributed by atoms with van der Waals surface area (Å²) in [5, 5.41) is 0. The van der Waals surface area contributed by atoms with Crippen LogP contribution in [0.3, 0.4) is 0 Å². The zero-order chi connectivity index (χ0) is 23.5. The minimum Gasteiger partial charge on any atom is -0.494 e. The fraction of sp³-hybridized carbons (Fsp3) is 0.520. The highest BCUT2D eigenvalue weighted by molar-refractivity contribution is 5.96. The number of unbranched alkanes of at least 4 members (excludes halogenated alkanes) is 1. The lowest BCUT2D eigenvalue weighted by atomic mass is 10.1. The van der Waals surface area contributed by atoms with Gasteiger partial charge in [0.2, 0.25) is 5.91 Å². The van der Waals surface area contributed by atoms with Crippen LogP contribution in [0, 0.1) is 6.92 Å². The van der Waals surface area contributed by atoms with Crippen molar-refractivity contribution in [2.75, 3.05) is 33.4 Å². The summed E-state index contributed by atoms with van der Waals surface area (Å²) in [6, 6.07) is 10.7. The molecule has 32 heavy (non-hydrogen) atoms. The number of rotatable bonds is 13. The van der Waals surface area contributed by atoms with E-state index in [4.69, 9.17) is 13.9 Å². The van der Waals surface area contributed by atoms with E-state index in [1.54, 1.807) is 41.2 Å². The molecule has 2 rings (SSSR count). The summed E-state index contributed by atoms with van der Waals surface area (Å²) in [5.41, 5.74) is 0.527. The summed E-state index contributed by atoms with van der Waals surface area (Å²) in [4.78, 5) is 29.5. The molecule has 0 bridgehead atoms. The van der Waals surface area contributed by atoms with E-state index in [0.717, 1.165) is 24.4 Å². The number of furan rings is 1. The van der Waals surface area contributed by atoms with E-state index in [0.29, 0.717) is 37.6 Å². The van der Waals surface area contributed by atoms with Crippen molar-refractivity contribution in [3.8, 4) is 5.75 Å². The molecule has 1 heterocycles. The van der Waals surface area contributed by atoms with E-state index in [-0.39, 0.29) is 24.4 Å². The topological polar surface area (TPSA) is 72.2 Å². The molecule has 0 aliphatic carbocycles. The molecule has 0 saturated carbocycles. The van der Waals surface area contributed by atoms with E-state index in [2.05, 4.69) is 6.92 Å². The molecule has 0 spiro atoms. The molecule has 2 aromatic rings. The number of carbonyl (C=O) groups is 2. The van der Waals surface area contributed by atoms with Gasteiger partial charge in [0.15, 0.2) is 0 Å². The maximum atomic E-state index is 13.2. The van der Waals surface area contributed by atoms with Crippen molar-refractivity contribution < 1.29 is 23.5 Å². The van der Waals surface area contributed by atoms with Crippen molar-refractivity contribution in [1.82, 2.24) is 9.80 Å². The normalized spacial score (nSPS) is 10.9. The first-order valence-electron chi connectivity index (χ1n) is 11.2. The lowest BCUT2D eigenvalue weighted by molar-refractivity contribution is -0.133. The molecule has 176 valence electrons. The number of benzene rings is 1. The Morgan fingerprint density at radius 3 is 2.34 bits per heavy atom. The Morgan fingerprint density at radius 2 is 1.78 bits per heavy atom. The van der Waals surface area contributed by atoms with Crippen molar-refractivity contribution >= 4 is 11.8 Å². The highest BCUT2D eigenvalue weighted by Gasteiger charge is 2.25. The smallest absolute Gasteiger partial charge is 0.254 e. The highest BCUT2D eigenvalue weighted by Crippen LogP contribution is 2.16. The average Bonchev–Trinajstić information content (AvgIpc) is 3.19. The number of amides is 2. The van der Waals surface area contributed by atoms with E-state index < -0.39 is 0 Å². The second kappa shape index (κ2) is 12.9. The molecule has 1 aromatic heterocycles. The zero-order valence-corrected chi connectivity index (χ0v) is 19.9. The molecule has 0 radical (unpaired) electrons. The molecule has 2 amide bonds. The Bertz CT molecular complexity index is 844. The van der Waals surface area contributed by atoms with Gasteiger partial charge in [-0.1, -0.05) is 13.3 Å². The fourth-order valence-electron chi connectivity index (χ4n) is 3.18. The van der Waals surface area contributed by atoms with Gasteiger partial charge in [0.25, 0.3) is 5.91 Å². The van der Waals surface area contributed by atoms with Gasteiger partial charge in [-0.25, -0.2) is 0 Å². The second-order valence-electron chi connectivity index (χ2n) is 8.07. The number of methoxy groups -OCH3 is 1. The van der Waals surface area contributed by atoms with Crippen molar-refractivity contribution in [2.45, 2.75) is 53.1 Å². The van der Waals surface area contributed by atoms with Gasteiger partial charge >= 0.3 is 0 Å². The Kier molecular flexibility index (Phi) is 10.3. The molecular weight excluding hydrogens is 408 g/mol. The van der Waals surface area contributed by atoms with Crippen LogP contribution in [0.15, 0.2) is 40.8 Å². The minimum absolute atomic E-state index is 0.0192. The molecule has 0 saturated heterocycles. The van der Waals surface area contributed by atoms with Crippen LogP contribution < -0.4 is 4.74 Å². The summed E-state index contributed by atoms with van der Waals surface area (Å²) in [7, 11) is 1.60. The number of hydrogen-bond donors (Lipinski definition) is 0. The van der Waals surface area contributed by atoms with Crippen LogP contribution in [0.1, 0.15) is 55.5 Å². The Morgan fingerprint density at radius 1 is 1.06 bits per heavy atom. The van der Waals surface area contributed by atoms with Crippen molar-refractivity contribution in [1.29, 1.82) is 0 Å². The predicted molar refractivity (Wildman–Crippen MR) is 124 cm³/mol. The highest BCUT2D eigenvalue weighted by atomic mass is 16.5. The number of hydrogen-bond acceptors (Lipinski definition) is 5.